The normalized spacial score (nSPS) is 8.90. The lowest BCUT2D eigenvalue weighted by Gasteiger charge is -2.08. The lowest BCUT2D eigenvalue weighted by molar-refractivity contribution is -0.385. The van der Waals surface area contributed by atoms with Gasteiger partial charge in [0.2, 0.25) is 0 Å². The molecule has 0 fully saturated rings. The van der Waals surface area contributed by atoms with Gasteiger partial charge in [-0.2, -0.15) is 0 Å². The third-order valence-electron chi connectivity index (χ3n) is 2.24. The predicted molar refractivity (Wildman–Crippen MR) is 68.1 cm³/mol. The molecule has 9 nitrogen and oxygen atoms in total. The van der Waals surface area contributed by atoms with E-state index in [4.69, 9.17) is 9.90 Å². The second-order valence-corrected chi connectivity index (χ2v) is 3.22. The molecule has 0 saturated carbocycles. The highest BCUT2D eigenvalue weighted by molar-refractivity contribution is 6.01. The molecule has 9 heteroatoms. The van der Waals surface area contributed by atoms with Crippen LogP contribution < -0.4 is 5.32 Å². The lowest BCUT2D eigenvalue weighted by Crippen LogP contribution is -2.10. The SMILES string of the molecule is C=O.CNc1cc(C(=O)O)c([N+](=O)[O-])cc1C(=O)OC. The standard InChI is InChI=1S/C10H10N2O6.CH2O/c1-11-7-3-6(9(13)14)8(12(16)17)4-5(7)10(15)18-2;1-2/h3-4,11H,1-2H3,(H,13,14);1H2. The Morgan fingerprint density at radius 3 is 2.25 bits per heavy atom. The minimum absolute atomic E-state index is 0.100. The van der Waals surface area contributed by atoms with Crippen LogP contribution in [0.5, 0.6) is 0 Å². The maximum absolute atomic E-state index is 11.4. The lowest BCUT2D eigenvalue weighted by atomic mass is 10.1. The minimum Gasteiger partial charge on any atom is -0.477 e. The molecule has 1 aromatic rings. The van der Waals surface area contributed by atoms with Gasteiger partial charge < -0.3 is 20.0 Å². The summed E-state index contributed by atoms with van der Waals surface area (Å²) in [6.07, 6.45) is 0. The number of nitro groups is 1. The van der Waals surface area contributed by atoms with Crippen LogP contribution in [0.1, 0.15) is 20.7 Å². The van der Waals surface area contributed by atoms with Crippen LogP contribution in [0.4, 0.5) is 11.4 Å². The number of hydrogen-bond donors (Lipinski definition) is 2. The summed E-state index contributed by atoms with van der Waals surface area (Å²) in [5.41, 5.74) is -1.12. The zero-order valence-corrected chi connectivity index (χ0v) is 10.7. The Balaban J connectivity index is 0.00000172. The van der Waals surface area contributed by atoms with Crippen LogP contribution in [-0.2, 0) is 9.53 Å². The smallest absolute Gasteiger partial charge is 0.342 e. The molecule has 0 amide bonds. The number of rotatable bonds is 4. The van der Waals surface area contributed by atoms with Crippen LogP contribution in [0.3, 0.4) is 0 Å². The third kappa shape index (κ3) is 3.51. The highest BCUT2D eigenvalue weighted by atomic mass is 16.6. The zero-order chi connectivity index (χ0) is 15.9. The molecule has 1 rings (SSSR count). The number of carbonyl (C=O) groups is 3. The number of hydrogen-bond acceptors (Lipinski definition) is 7. The quantitative estimate of drug-likeness (QED) is 0.473. The molecule has 108 valence electrons. The molecule has 0 aromatic heterocycles. The first-order valence-electron chi connectivity index (χ1n) is 5.03. The number of nitrogens with one attached hydrogen (secondary N) is 1. The highest BCUT2D eigenvalue weighted by Gasteiger charge is 2.25. The number of methoxy groups -OCH3 is 1. The summed E-state index contributed by atoms with van der Waals surface area (Å²) in [4.78, 5) is 40.2. The first-order valence-corrected chi connectivity index (χ1v) is 5.03. The van der Waals surface area contributed by atoms with Crippen LogP contribution in [-0.4, -0.2) is 42.9 Å². The van der Waals surface area contributed by atoms with E-state index >= 15 is 0 Å². The summed E-state index contributed by atoms with van der Waals surface area (Å²) in [6, 6.07) is 1.90. The van der Waals surface area contributed by atoms with E-state index in [0.717, 1.165) is 19.2 Å². The number of nitrogens with zero attached hydrogens (tertiary/aromatic N) is 1. The van der Waals surface area contributed by atoms with Crippen molar-refractivity contribution in [3.05, 3.63) is 33.4 Å². The van der Waals surface area contributed by atoms with Crippen molar-refractivity contribution < 1.29 is 29.2 Å². The maximum atomic E-state index is 11.4. The monoisotopic (exact) mass is 284 g/mol. The summed E-state index contributed by atoms with van der Waals surface area (Å²) in [5, 5.41) is 22.2. The van der Waals surface area contributed by atoms with Crippen molar-refractivity contribution in [3.63, 3.8) is 0 Å². The van der Waals surface area contributed by atoms with Crippen molar-refractivity contribution in [1.29, 1.82) is 0 Å². The van der Waals surface area contributed by atoms with Crippen LogP contribution in [0.2, 0.25) is 0 Å². The van der Waals surface area contributed by atoms with Gasteiger partial charge in [-0.15, -0.1) is 0 Å². The van der Waals surface area contributed by atoms with Crippen molar-refractivity contribution in [2.45, 2.75) is 0 Å². The molecule has 0 heterocycles. The Morgan fingerprint density at radius 1 is 1.35 bits per heavy atom. The van der Waals surface area contributed by atoms with Crippen molar-refractivity contribution in [2.75, 3.05) is 19.5 Å². The summed E-state index contributed by atoms with van der Waals surface area (Å²) < 4.78 is 4.46. The zero-order valence-electron chi connectivity index (χ0n) is 10.7. The fourth-order valence-corrected chi connectivity index (χ4v) is 1.40. The number of benzene rings is 1. The minimum atomic E-state index is -1.45. The number of aromatic carboxylic acids is 1. The van der Waals surface area contributed by atoms with Gasteiger partial charge in [0.15, 0.2) is 0 Å². The van der Waals surface area contributed by atoms with E-state index in [-0.39, 0.29) is 11.3 Å². The Labute approximate surface area is 113 Å². The number of esters is 1. The van der Waals surface area contributed by atoms with E-state index in [9.17, 15) is 19.7 Å². The predicted octanol–water partition coefficient (Wildman–Crippen LogP) is 0.936. The molecule has 0 aliphatic rings. The molecule has 20 heavy (non-hydrogen) atoms. The summed E-state index contributed by atoms with van der Waals surface area (Å²) >= 11 is 0. The fraction of sp³-hybridized carbons (Fsp3) is 0.182. The number of anilines is 1. The van der Waals surface area contributed by atoms with Crippen LogP contribution in [0.25, 0.3) is 0 Å². The van der Waals surface area contributed by atoms with Crippen molar-refractivity contribution >= 4 is 30.1 Å². The number of ether oxygens (including phenoxy) is 1. The first-order chi connectivity index (χ1) is 9.42. The van der Waals surface area contributed by atoms with Gasteiger partial charge in [0.05, 0.1) is 17.6 Å². The Kier molecular flexibility index (Phi) is 6.35. The average Bonchev–Trinajstić information content (AvgIpc) is 2.46. The molecule has 0 aliphatic heterocycles. The Morgan fingerprint density at radius 2 is 1.90 bits per heavy atom. The van der Waals surface area contributed by atoms with Crippen molar-refractivity contribution in [3.8, 4) is 0 Å². The van der Waals surface area contributed by atoms with Crippen LogP contribution in [0.15, 0.2) is 12.1 Å². The van der Waals surface area contributed by atoms with Gasteiger partial charge in [-0.3, -0.25) is 10.1 Å². The number of carbonyl (C=O) groups excluding carboxylic acids is 2. The molecule has 0 atom stereocenters. The molecule has 2 N–H and O–H groups in total. The van der Waals surface area contributed by atoms with E-state index in [1.165, 1.54) is 7.05 Å². The van der Waals surface area contributed by atoms with Gasteiger partial charge in [0.25, 0.3) is 5.69 Å². The average molecular weight is 284 g/mol. The third-order valence-corrected chi connectivity index (χ3v) is 2.24. The van der Waals surface area contributed by atoms with Gasteiger partial charge in [0, 0.05) is 18.8 Å². The number of nitro benzene ring substituents is 1. The maximum Gasteiger partial charge on any atom is 0.342 e. The topological polar surface area (TPSA) is 136 Å². The number of carboxylic acids is 1. The molecule has 0 bridgehead atoms. The van der Waals surface area contributed by atoms with Gasteiger partial charge >= 0.3 is 11.9 Å². The van der Waals surface area contributed by atoms with Crippen LogP contribution >= 0.6 is 0 Å². The molecular formula is C11H12N2O7. The molecule has 0 saturated heterocycles. The number of carboxylic acid groups (broad SMARTS) is 1. The van der Waals surface area contributed by atoms with Gasteiger partial charge in [-0.05, 0) is 6.07 Å². The molecule has 0 radical (unpaired) electrons. The second kappa shape index (κ2) is 7.46. The molecule has 0 unspecified atom stereocenters. The van der Waals surface area contributed by atoms with E-state index < -0.39 is 28.1 Å². The van der Waals surface area contributed by atoms with Gasteiger partial charge in [-0.1, -0.05) is 0 Å². The molecular weight excluding hydrogens is 272 g/mol. The summed E-state index contributed by atoms with van der Waals surface area (Å²) in [7, 11) is 2.58. The summed E-state index contributed by atoms with van der Waals surface area (Å²) in [5.74, 6) is -2.24. The highest BCUT2D eigenvalue weighted by Crippen LogP contribution is 2.27. The largest absolute Gasteiger partial charge is 0.477 e. The van der Waals surface area contributed by atoms with E-state index in [1.807, 2.05) is 6.79 Å². The second-order valence-electron chi connectivity index (χ2n) is 3.22. The van der Waals surface area contributed by atoms with E-state index in [0.29, 0.717) is 0 Å². The Bertz CT molecular complexity index is 542. The van der Waals surface area contributed by atoms with Crippen molar-refractivity contribution in [1.82, 2.24) is 0 Å². The fourth-order valence-electron chi connectivity index (χ4n) is 1.40. The summed E-state index contributed by atoms with van der Waals surface area (Å²) in [6.45, 7) is 2.00. The molecule has 1 aromatic carbocycles. The molecule has 0 spiro atoms. The van der Waals surface area contributed by atoms with Crippen LogP contribution in [0, 0.1) is 10.1 Å². The molecule has 0 aliphatic carbocycles. The Hall–Kier alpha value is -2.97. The first kappa shape index (κ1) is 17.0. The van der Waals surface area contributed by atoms with Gasteiger partial charge in [-0.25, -0.2) is 9.59 Å². The van der Waals surface area contributed by atoms with Gasteiger partial charge in [0.1, 0.15) is 12.4 Å². The van der Waals surface area contributed by atoms with Crippen molar-refractivity contribution in [2.24, 2.45) is 0 Å². The van der Waals surface area contributed by atoms with E-state index in [1.54, 1.807) is 0 Å². The van der Waals surface area contributed by atoms with E-state index in [2.05, 4.69) is 10.1 Å².